The van der Waals surface area contributed by atoms with Gasteiger partial charge in [-0.05, 0) is 70.0 Å². The number of methoxy groups -OCH3 is 3. The summed E-state index contributed by atoms with van der Waals surface area (Å²) in [5, 5.41) is 0. The van der Waals surface area contributed by atoms with E-state index in [-0.39, 0.29) is 0 Å². The largest absolute Gasteiger partial charge is 0.497 e. The van der Waals surface area contributed by atoms with Crippen molar-refractivity contribution in [2.24, 2.45) is 0 Å². The summed E-state index contributed by atoms with van der Waals surface area (Å²) in [6.45, 7) is 0. The van der Waals surface area contributed by atoms with Crippen LogP contribution in [0.1, 0.15) is 11.1 Å². The molecule has 1 aliphatic rings. The number of hydrogen-bond donors (Lipinski definition) is 0. The average Bonchev–Trinajstić information content (AvgIpc) is 3.01. The summed E-state index contributed by atoms with van der Waals surface area (Å²) >= 11 is 3.45. The molecule has 0 fully saturated rings. The number of ether oxygens (including phenoxy) is 4. The van der Waals surface area contributed by atoms with Gasteiger partial charge in [-0.25, -0.2) is 4.79 Å². The molecule has 0 aliphatic carbocycles. The van der Waals surface area contributed by atoms with Crippen LogP contribution in [-0.2, 0) is 9.53 Å². The molecular formula is C20H17BrO5. The van der Waals surface area contributed by atoms with E-state index >= 15 is 0 Å². The molecular weight excluding hydrogens is 400 g/mol. The lowest BCUT2D eigenvalue weighted by Crippen LogP contribution is -1.97. The SMILES string of the molecule is COc1ccc(C2=CC(=Cc3cc(Br)c(OC)c(OC)c3)C(=O)O2)cc1. The zero-order valence-corrected chi connectivity index (χ0v) is 16.1. The Labute approximate surface area is 160 Å². The first-order valence-electron chi connectivity index (χ1n) is 7.77. The van der Waals surface area contributed by atoms with Crippen molar-refractivity contribution in [3.05, 3.63) is 63.6 Å². The molecule has 2 aromatic rings. The standard InChI is InChI=1S/C20H17BrO5/c1-23-15-6-4-13(5-7-15)17-11-14(20(22)26-17)8-12-9-16(21)19(25-3)18(10-12)24-2/h4-11H,1-3H3. The van der Waals surface area contributed by atoms with Gasteiger partial charge in [-0.3, -0.25) is 0 Å². The second kappa shape index (κ2) is 7.66. The number of carbonyl (C=O) groups excluding carboxylic acids is 1. The zero-order valence-electron chi connectivity index (χ0n) is 14.5. The van der Waals surface area contributed by atoms with Gasteiger partial charge in [0.15, 0.2) is 11.5 Å². The number of hydrogen-bond acceptors (Lipinski definition) is 5. The molecule has 0 N–H and O–H groups in total. The van der Waals surface area contributed by atoms with E-state index in [1.54, 1.807) is 39.5 Å². The predicted octanol–water partition coefficient (Wildman–Crippen LogP) is 4.46. The number of benzene rings is 2. The van der Waals surface area contributed by atoms with Crippen molar-refractivity contribution in [3.63, 3.8) is 0 Å². The summed E-state index contributed by atoms with van der Waals surface area (Å²) in [6.07, 6.45) is 3.46. The highest BCUT2D eigenvalue weighted by Gasteiger charge is 2.22. The van der Waals surface area contributed by atoms with E-state index < -0.39 is 5.97 Å². The van der Waals surface area contributed by atoms with Crippen molar-refractivity contribution < 1.29 is 23.7 Å². The molecule has 0 atom stereocenters. The fourth-order valence-electron chi connectivity index (χ4n) is 2.59. The summed E-state index contributed by atoms with van der Waals surface area (Å²) in [5.74, 6) is 2.01. The van der Waals surface area contributed by atoms with Gasteiger partial charge in [0.25, 0.3) is 0 Å². The van der Waals surface area contributed by atoms with Gasteiger partial charge in [0, 0.05) is 5.56 Å². The highest BCUT2D eigenvalue weighted by atomic mass is 79.9. The van der Waals surface area contributed by atoms with Crippen molar-refractivity contribution >= 4 is 33.7 Å². The molecule has 0 amide bonds. The van der Waals surface area contributed by atoms with E-state index in [0.29, 0.717) is 22.8 Å². The lowest BCUT2D eigenvalue weighted by molar-refractivity contribution is -0.130. The minimum atomic E-state index is -0.401. The lowest BCUT2D eigenvalue weighted by atomic mass is 10.1. The second-order valence-electron chi connectivity index (χ2n) is 5.46. The summed E-state index contributed by atoms with van der Waals surface area (Å²) in [4.78, 5) is 12.2. The van der Waals surface area contributed by atoms with Gasteiger partial charge >= 0.3 is 5.97 Å². The smallest absolute Gasteiger partial charge is 0.343 e. The van der Waals surface area contributed by atoms with Gasteiger partial charge in [0.2, 0.25) is 0 Å². The quantitative estimate of drug-likeness (QED) is 0.531. The Morgan fingerprint density at radius 2 is 1.73 bits per heavy atom. The molecule has 0 saturated heterocycles. The molecule has 0 spiro atoms. The van der Waals surface area contributed by atoms with Crippen molar-refractivity contribution in [2.45, 2.75) is 0 Å². The Bertz CT molecular complexity index is 897. The van der Waals surface area contributed by atoms with Gasteiger partial charge in [0.1, 0.15) is 11.5 Å². The van der Waals surface area contributed by atoms with E-state index in [4.69, 9.17) is 18.9 Å². The molecule has 3 rings (SSSR count). The fraction of sp³-hybridized carbons (Fsp3) is 0.150. The summed E-state index contributed by atoms with van der Waals surface area (Å²) < 4.78 is 21.9. The molecule has 1 aliphatic heterocycles. The summed E-state index contributed by atoms with van der Waals surface area (Å²) in [6, 6.07) is 11.0. The number of cyclic esters (lactones) is 1. The topological polar surface area (TPSA) is 54.0 Å². The van der Waals surface area contributed by atoms with Crippen LogP contribution in [0.25, 0.3) is 11.8 Å². The van der Waals surface area contributed by atoms with E-state index in [2.05, 4.69) is 15.9 Å². The Kier molecular flexibility index (Phi) is 5.32. The molecule has 2 aromatic carbocycles. The monoisotopic (exact) mass is 416 g/mol. The molecule has 1 heterocycles. The van der Waals surface area contributed by atoms with Crippen LogP contribution in [0.15, 0.2) is 52.5 Å². The molecule has 26 heavy (non-hydrogen) atoms. The third-order valence-corrected chi connectivity index (χ3v) is 4.47. The van der Waals surface area contributed by atoms with Crippen LogP contribution in [0.2, 0.25) is 0 Å². The van der Waals surface area contributed by atoms with Gasteiger partial charge < -0.3 is 18.9 Å². The molecule has 6 heteroatoms. The van der Waals surface area contributed by atoms with Crippen molar-refractivity contribution in [2.75, 3.05) is 21.3 Å². The number of rotatable bonds is 5. The third kappa shape index (κ3) is 3.60. The van der Waals surface area contributed by atoms with Crippen LogP contribution in [0, 0.1) is 0 Å². The van der Waals surface area contributed by atoms with Crippen LogP contribution in [0.5, 0.6) is 17.2 Å². The maximum Gasteiger partial charge on any atom is 0.343 e. The first kappa shape index (κ1) is 18.1. The molecule has 0 bridgehead atoms. The highest BCUT2D eigenvalue weighted by Crippen LogP contribution is 2.37. The number of esters is 1. The molecule has 0 radical (unpaired) electrons. The predicted molar refractivity (Wildman–Crippen MR) is 102 cm³/mol. The molecule has 0 aromatic heterocycles. The Morgan fingerprint density at radius 3 is 2.35 bits per heavy atom. The average molecular weight is 417 g/mol. The van der Waals surface area contributed by atoms with Gasteiger partial charge in [-0.1, -0.05) is 0 Å². The maximum absolute atomic E-state index is 12.2. The normalized spacial score (nSPS) is 14.8. The highest BCUT2D eigenvalue weighted by molar-refractivity contribution is 9.10. The van der Waals surface area contributed by atoms with E-state index in [9.17, 15) is 4.79 Å². The van der Waals surface area contributed by atoms with Crippen LogP contribution in [-0.4, -0.2) is 27.3 Å². The van der Waals surface area contributed by atoms with Gasteiger partial charge in [0.05, 0.1) is 31.4 Å². The lowest BCUT2D eigenvalue weighted by Gasteiger charge is -2.10. The van der Waals surface area contributed by atoms with E-state index in [1.165, 1.54) is 0 Å². The molecule has 134 valence electrons. The Hall–Kier alpha value is -2.73. The van der Waals surface area contributed by atoms with Crippen LogP contribution >= 0.6 is 15.9 Å². The third-order valence-electron chi connectivity index (χ3n) is 3.88. The summed E-state index contributed by atoms with van der Waals surface area (Å²) in [5.41, 5.74) is 2.04. The van der Waals surface area contributed by atoms with Crippen molar-refractivity contribution in [1.29, 1.82) is 0 Å². The number of halogens is 1. The second-order valence-corrected chi connectivity index (χ2v) is 6.32. The molecule has 5 nitrogen and oxygen atoms in total. The van der Waals surface area contributed by atoms with Crippen molar-refractivity contribution in [1.82, 2.24) is 0 Å². The summed E-state index contributed by atoms with van der Waals surface area (Å²) in [7, 11) is 4.73. The first-order chi connectivity index (χ1) is 12.5. The maximum atomic E-state index is 12.2. The number of carbonyl (C=O) groups is 1. The van der Waals surface area contributed by atoms with E-state index in [0.717, 1.165) is 21.3 Å². The first-order valence-corrected chi connectivity index (χ1v) is 8.56. The van der Waals surface area contributed by atoms with Crippen LogP contribution in [0.3, 0.4) is 0 Å². The molecule has 0 unspecified atom stereocenters. The van der Waals surface area contributed by atoms with Crippen LogP contribution < -0.4 is 14.2 Å². The molecule has 0 saturated carbocycles. The Morgan fingerprint density at radius 1 is 1.00 bits per heavy atom. The minimum Gasteiger partial charge on any atom is -0.497 e. The van der Waals surface area contributed by atoms with Gasteiger partial charge in [-0.2, -0.15) is 0 Å². The van der Waals surface area contributed by atoms with Crippen LogP contribution in [0.4, 0.5) is 0 Å². The fourth-order valence-corrected chi connectivity index (χ4v) is 3.21. The van der Waals surface area contributed by atoms with Crippen molar-refractivity contribution in [3.8, 4) is 17.2 Å². The van der Waals surface area contributed by atoms with Gasteiger partial charge in [-0.15, -0.1) is 0 Å². The Balaban J connectivity index is 1.94. The zero-order chi connectivity index (χ0) is 18.7. The van der Waals surface area contributed by atoms with E-state index in [1.807, 2.05) is 30.3 Å². The minimum absolute atomic E-state index is 0.401.